The van der Waals surface area contributed by atoms with Gasteiger partial charge in [-0.2, -0.15) is 4.99 Å². The molecule has 150 valence electrons. The summed E-state index contributed by atoms with van der Waals surface area (Å²) >= 11 is 7.38. The van der Waals surface area contributed by atoms with Crippen LogP contribution in [-0.4, -0.2) is 24.1 Å². The highest BCUT2D eigenvalue weighted by atomic mass is 35.5. The van der Waals surface area contributed by atoms with Crippen molar-refractivity contribution in [3.05, 3.63) is 63.3 Å². The first-order valence-corrected chi connectivity index (χ1v) is 9.60. The van der Waals surface area contributed by atoms with Crippen LogP contribution < -0.4 is 14.8 Å². The highest BCUT2D eigenvalue weighted by Crippen LogP contribution is 2.38. The molecule has 0 atom stereocenters. The predicted molar refractivity (Wildman–Crippen MR) is 111 cm³/mol. The van der Waals surface area contributed by atoms with Crippen molar-refractivity contribution < 1.29 is 23.5 Å². The Morgan fingerprint density at radius 1 is 1.34 bits per heavy atom. The number of nitrogens with zero attached hydrogens (tertiary/aromatic N) is 1. The Morgan fingerprint density at radius 3 is 2.79 bits per heavy atom. The van der Waals surface area contributed by atoms with E-state index < -0.39 is 5.91 Å². The summed E-state index contributed by atoms with van der Waals surface area (Å²) in [6.45, 7) is 1.31. The first-order valence-electron chi connectivity index (χ1n) is 8.41. The number of methoxy groups -OCH3 is 1. The van der Waals surface area contributed by atoms with Crippen molar-refractivity contribution in [3.8, 4) is 11.5 Å². The van der Waals surface area contributed by atoms with Crippen LogP contribution in [-0.2, 0) is 16.2 Å². The van der Waals surface area contributed by atoms with Gasteiger partial charge >= 0.3 is 0 Å². The SMILES string of the molecule is COc1cc(/C=C2\SC(NC(C)=O)=NC2=O)cc(Cl)c1OCc1ccccc1F. The van der Waals surface area contributed by atoms with Crippen LogP contribution in [0.5, 0.6) is 11.5 Å². The van der Waals surface area contributed by atoms with Gasteiger partial charge in [-0.3, -0.25) is 9.59 Å². The Labute approximate surface area is 175 Å². The number of thioether (sulfide) groups is 1. The fraction of sp³-hybridized carbons (Fsp3) is 0.150. The minimum atomic E-state index is -0.464. The second kappa shape index (κ2) is 9.11. The van der Waals surface area contributed by atoms with Crippen LogP contribution in [0.2, 0.25) is 5.02 Å². The topological polar surface area (TPSA) is 77.0 Å². The van der Waals surface area contributed by atoms with E-state index in [1.165, 1.54) is 20.1 Å². The molecule has 0 aromatic heterocycles. The number of ether oxygens (including phenoxy) is 2. The number of amidine groups is 1. The number of rotatable bonds is 5. The van der Waals surface area contributed by atoms with Gasteiger partial charge in [-0.15, -0.1) is 0 Å². The molecule has 0 saturated carbocycles. The van der Waals surface area contributed by atoms with E-state index in [4.69, 9.17) is 21.1 Å². The highest BCUT2D eigenvalue weighted by Gasteiger charge is 2.23. The molecule has 0 saturated heterocycles. The molecule has 1 aliphatic rings. The quantitative estimate of drug-likeness (QED) is 0.714. The summed E-state index contributed by atoms with van der Waals surface area (Å²) in [6, 6.07) is 9.50. The van der Waals surface area contributed by atoms with E-state index in [0.29, 0.717) is 21.8 Å². The van der Waals surface area contributed by atoms with Gasteiger partial charge in [-0.25, -0.2) is 4.39 Å². The molecule has 0 spiro atoms. The lowest BCUT2D eigenvalue weighted by Crippen LogP contribution is -2.23. The molecule has 0 aliphatic carbocycles. The lowest BCUT2D eigenvalue weighted by molar-refractivity contribution is -0.117. The van der Waals surface area contributed by atoms with Crippen LogP contribution in [0.15, 0.2) is 46.3 Å². The van der Waals surface area contributed by atoms with Gasteiger partial charge in [0.2, 0.25) is 5.91 Å². The fourth-order valence-electron chi connectivity index (χ4n) is 2.49. The molecule has 2 aromatic rings. The molecule has 1 aliphatic heterocycles. The Morgan fingerprint density at radius 2 is 2.10 bits per heavy atom. The molecule has 3 rings (SSSR count). The van der Waals surface area contributed by atoms with Gasteiger partial charge in [0.05, 0.1) is 17.0 Å². The van der Waals surface area contributed by atoms with Crippen molar-refractivity contribution in [1.29, 1.82) is 0 Å². The first-order chi connectivity index (χ1) is 13.9. The van der Waals surface area contributed by atoms with Gasteiger partial charge in [-0.1, -0.05) is 29.8 Å². The number of hydrogen-bond donors (Lipinski definition) is 1. The summed E-state index contributed by atoms with van der Waals surface area (Å²) < 4.78 is 24.8. The lowest BCUT2D eigenvalue weighted by atomic mass is 10.1. The van der Waals surface area contributed by atoms with E-state index >= 15 is 0 Å². The highest BCUT2D eigenvalue weighted by molar-refractivity contribution is 8.18. The Hall–Kier alpha value is -2.84. The second-order valence-electron chi connectivity index (χ2n) is 5.93. The standard InChI is InChI=1S/C20H16ClFN2O4S/c1-11(25)23-20-24-19(26)17(29-20)9-12-7-14(21)18(16(8-12)27-2)28-10-13-5-3-4-6-15(13)22/h3-9H,10H2,1-2H3,(H,23,24,25,26)/b17-9-. The van der Waals surface area contributed by atoms with E-state index in [-0.39, 0.29) is 34.3 Å². The summed E-state index contributed by atoms with van der Waals surface area (Å²) in [5.41, 5.74) is 0.965. The molecule has 29 heavy (non-hydrogen) atoms. The number of nitrogens with one attached hydrogen (secondary N) is 1. The number of benzene rings is 2. The van der Waals surface area contributed by atoms with Crippen LogP contribution in [0.3, 0.4) is 0 Å². The van der Waals surface area contributed by atoms with Crippen molar-refractivity contribution in [1.82, 2.24) is 5.32 Å². The average Bonchev–Trinajstić information content (AvgIpc) is 2.99. The summed E-state index contributed by atoms with van der Waals surface area (Å²) in [6.07, 6.45) is 1.58. The minimum absolute atomic E-state index is 0.0224. The molecule has 1 heterocycles. The maximum Gasteiger partial charge on any atom is 0.286 e. The largest absolute Gasteiger partial charge is 0.493 e. The zero-order valence-electron chi connectivity index (χ0n) is 15.5. The Kier molecular flexibility index (Phi) is 6.56. The van der Waals surface area contributed by atoms with Crippen LogP contribution in [0, 0.1) is 5.82 Å². The van der Waals surface area contributed by atoms with Crippen molar-refractivity contribution >= 4 is 46.4 Å². The van der Waals surface area contributed by atoms with Crippen LogP contribution in [0.4, 0.5) is 4.39 Å². The zero-order valence-corrected chi connectivity index (χ0v) is 17.1. The third-order valence-electron chi connectivity index (χ3n) is 3.78. The monoisotopic (exact) mass is 434 g/mol. The lowest BCUT2D eigenvalue weighted by Gasteiger charge is -2.14. The number of carbonyl (C=O) groups excluding carboxylic acids is 2. The van der Waals surface area contributed by atoms with Gasteiger partial charge < -0.3 is 14.8 Å². The average molecular weight is 435 g/mol. The summed E-state index contributed by atoms with van der Waals surface area (Å²) in [5.74, 6) is -0.560. The molecule has 0 bridgehead atoms. The maximum absolute atomic E-state index is 13.8. The van der Waals surface area contributed by atoms with Gasteiger partial charge in [0.25, 0.3) is 5.91 Å². The third-order valence-corrected chi connectivity index (χ3v) is 4.96. The third kappa shape index (κ3) is 5.16. The number of hydrogen-bond acceptors (Lipinski definition) is 5. The van der Waals surface area contributed by atoms with Crippen molar-refractivity contribution in [3.63, 3.8) is 0 Å². The van der Waals surface area contributed by atoms with E-state index in [2.05, 4.69) is 10.3 Å². The zero-order chi connectivity index (χ0) is 21.0. The normalized spacial score (nSPS) is 14.7. The molecular weight excluding hydrogens is 419 g/mol. The summed E-state index contributed by atoms with van der Waals surface area (Å²) in [5, 5.41) is 2.94. The number of carbonyl (C=O) groups is 2. The van der Waals surface area contributed by atoms with Crippen LogP contribution in [0.25, 0.3) is 6.08 Å². The van der Waals surface area contributed by atoms with Crippen molar-refractivity contribution in [2.75, 3.05) is 7.11 Å². The fourth-order valence-corrected chi connectivity index (χ4v) is 3.63. The smallest absolute Gasteiger partial charge is 0.286 e. The molecule has 9 heteroatoms. The summed E-state index contributed by atoms with van der Waals surface area (Å²) in [7, 11) is 1.45. The molecule has 0 unspecified atom stereocenters. The molecule has 1 N–H and O–H groups in total. The maximum atomic E-state index is 13.8. The van der Waals surface area contributed by atoms with E-state index in [1.54, 1.807) is 36.4 Å². The van der Waals surface area contributed by atoms with E-state index in [9.17, 15) is 14.0 Å². The Balaban J connectivity index is 1.81. The van der Waals surface area contributed by atoms with E-state index in [1.807, 2.05) is 0 Å². The molecule has 6 nitrogen and oxygen atoms in total. The predicted octanol–water partition coefficient (Wildman–Crippen LogP) is 4.17. The summed E-state index contributed by atoms with van der Waals surface area (Å²) in [4.78, 5) is 27.2. The van der Waals surface area contributed by atoms with Crippen LogP contribution >= 0.6 is 23.4 Å². The number of amides is 2. The molecule has 0 fully saturated rings. The van der Waals surface area contributed by atoms with Crippen molar-refractivity contribution in [2.45, 2.75) is 13.5 Å². The first kappa shape index (κ1) is 20.9. The van der Waals surface area contributed by atoms with Crippen LogP contribution in [0.1, 0.15) is 18.1 Å². The minimum Gasteiger partial charge on any atom is -0.493 e. The van der Waals surface area contributed by atoms with Gasteiger partial charge in [0, 0.05) is 12.5 Å². The molecule has 2 amide bonds. The van der Waals surface area contributed by atoms with Gasteiger partial charge in [0.15, 0.2) is 16.7 Å². The van der Waals surface area contributed by atoms with Crippen molar-refractivity contribution in [2.24, 2.45) is 4.99 Å². The molecular formula is C20H16ClFN2O4S. The molecule has 0 radical (unpaired) electrons. The van der Waals surface area contributed by atoms with Gasteiger partial charge in [0.1, 0.15) is 12.4 Å². The van der Waals surface area contributed by atoms with E-state index in [0.717, 1.165) is 11.8 Å². The Bertz CT molecular complexity index is 1040. The second-order valence-corrected chi connectivity index (χ2v) is 7.37. The number of halogens is 2. The van der Waals surface area contributed by atoms with Gasteiger partial charge in [-0.05, 0) is 41.6 Å². The number of aliphatic imine (C=N–C) groups is 1. The molecule has 2 aromatic carbocycles.